The van der Waals surface area contributed by atoms with Crippen LogP contribution in [0.15, 0.2) is 10.5 Å². The number of alkyl halides is 1. The van der Waals surface area contributed by atoms with Crippen molar-refractivity contribution in [1.29, 1.82) is 0 Å². The number of hydrogen-bond donors (Lipinski definition) is 0. The maximum absolute atomic E-state index is 11.1. The molecule has 0 saturated carbocycles. The zero-order valence-electron chi connectivity index (χ0n) is 9.67. The Balaban J connectivity index is 3.42. The SMILES string of the molecule is COc1cc(CBr)c(Br)c(OC)c1OC(C)=O. The van der Waals surface area contributed by atoms with Gasteiger partial charge in [-0.3, -0.25) is 4.79 Å². The lowest BCUT2D eigenvalue weighted by Crippen LogP contribution is -2.06. The molecule has 0 amide bonds. The topological polar surface area (TPSA) is 44.8 Å². The maximum Gasteiger partial charge on any atom is 0.308 e. The van der Waals surface area contributed by atoms with Crippen LogP contribution in [0.4, 0.5) is 0 Å². The largest absolute Gasteiger partial charge is 0.493 e. The van der Waals surface area contributed by atoms with E-state index in [1.165, 1.54) is 21.1 Å². The number of rotatable bonds is 4. The first-order valence-electron chi connectivity index (χ1n) is 4.72. The Morgan fingerprint density at radius 3 is 2.35 bits per heavy atom. The fraction of sp³-hybridized carbons (Fsp3) is 0.364. The molecule has 0 bridgehead atoms. The number of ether oxygens (including phenoxy) is 3. The molecule has 94 valence electrons. The van der Waals surface area contributed by atoms with E-state index in [0.717, 1.165) is 10.0 Å². The second-order valence-electron chi connectivity index (χ2n) is 3.14. The summed E-state index contributed by atoms with van der Waals surface area (Å²) >= 11 is 6.77. The number of carbonyl (C=O) groups excluding carboxylic acids is 1. The van der Waals surface area contributed by atoms with Gasteiger partial charge in [0.05, 0.1) is 18.7 Å². The summed E-state index contributed by atoms with van der Waals surface area (Å²) in [5.74, 6) is 0.739. The monoisotopic (exact) mass is 366 g/mol. The van der Waals surface area contributed by atoms with Crippen LogP contribution in [0.3, 0.4) is 0 Å². The van der Waals surface area contributed by atoms with Crippen molar-refractivity contribution in [3.8, 4) is 17.2 Å². The molecule has 0 aliphatic carbocycles. The fourth-order valence-electron chi connectivity index (χ4n) is 1.32. The molecule has 6 heteroatoms. The summed E-state index contributed by atoms with van der Waals surface area (Å²) in [6.45, 7) is 1.32. The van der Waals surface area contributed by atoms with Crippen molar-refractivity contribution in [2.45, 2.75) is 12.3 Å². The number of carbonyl (C=O) groups is 1. The summed E-state index contributed by atoms with van der Waals surface area (Å²) in [6.07, 6.45) is 0. The van der Waals surface area contributed by atoms with Crippen molar-refractivity contribution in [3.63, 3.8) is 0 Å². The molecular weight excluding hydrogens is 356 g/mol. The van der Waals surface area contributed by atoms with Crippen molar-refractivity contribution >= 4 is 37.8 Å². The van der Waals surface area contributed by atoms with Crippen molar-refractivity contribution in [1.82, 2.24) is 0 Å². The summed E-state index contributed by atoms with van der Waals surface area (Å²) in [5, 5.41) is 0.626. The lowest BCUT2D eigenvalue weighted by molar-refractivity contribution is -0.132. The van der Waals surface area contributed by atoms with Gasteiger partial charge in [0, 0.05) is 12.3 Å². The second kappa shape index (κ2) is 6.26. The van der Waals surface area contributed by atoms with Gasteiger partial charge in [-0.2, -0.15) is 0 Å². The summed E-state index contributed by atoms with van der Waals surface area (Å²) in [5.41, 5.74) is 0.939. The first-order chi connectivity index (χ1) is 8.04. The predicted octanol–water partition coefficient (Wildman–Crippen LogP) is 3.29. The van der Waals surface area contributed by atoms with E-state index in [1.807, 2.05) is 0 Å². The van der Waals surface area contributed by atoms with Gasteiger partial charge in [0.2, 0.25) is 5.75 Å². The molecule has 0 unspecified atom stereocenters. The Morgan fingerprint density at radius 1 is 1.29 bits per heavy atom. The minimum atomic E-state index is -0.430. The Hall–Kier alpha value is -0.750. The second-order valence-corrected chi connectivity index (χ2v) is 4.50. The van der Waals surface area contributed by atoms with Crippen molar-refractivity contribution < 1.29 is 19.0 Å². The highest BCUT2D eigenvalue weighted by atomic mass is 79.9. The average molecular weight is 368 g/mol. The normalized spacial score (nSPS) is 9.94. The molecule has 0 aliphatic rings. The molecule has 1 aromatic carbocycles. The Kier molecular flexibility index (Phi) is 5.27. The van der Waals surface area contributed by atoms with Gasteiger partial charge in [0.15, 0.2) is 11.5 Å². The molecule has 0 saturated heterocycles. The Morgan fingerprint density at radius 2 is 1.94 bits per heavy atom. The van der Waals surface area contributed by atoms with Crippen LogP contribution in [0.5, 0.6) is 17.2 Å². The molecule has 0 aromatic heterocycles. The van der Waals surface area contributed by atoms with Crippen LogP contribution < -0.4 is 14.2 Å². The minimum absolute atomic E-state index is 0.277. The molecule has 1 aromatic rings. The zero-order valence-corrected chi connectivity index (χ0v) is 12.8. The highest BCUT2D eigenvalue weighted by Crippen LogP contribution is 2.45. The van der Waals surface area contributed by atoms with Crippen molar-refractivity contribution in [2.24, 2.45) is 0 Å². The molecule has 0 spiro atoms. The van der Waals surface area contributed by atoms with E-state index in [1.54, 1.807) is 6.07 Å². The Bertz CT molecular complexity index is 432. The standard InChI is InChI=1S/C11H12Br2O4/c1-6(14)17-10-8(15-2)4-7(5-12)9(13)11(10)16-3/h4H,5H2,1-3H3. The molecule has 0 radical (unpaired) electrons. The number of hydrogen-bond acceptors (Lipinski definition) is 4. The minimum Gasteiger partial charge on any atom is -0.493 e. The van der Waals surface area contributed by atoms with Gasteiger partial charge in [-0.05, 0) is 27.6 Å². The number of benzene rings is 1. The summed E-state index contributed by atoms with van der Waals surface area (Å²) in [7, 11) is 3.01. The van der Waals surface area contributed by atoms with E-state index in [2.05, 4.69) is 31.9 Å². The number of methoxy groups -OCH3 is 2. The predicted molar refractivity (Wildman–Crippen MR) is 71.2 cm³/mol. The van der Waals surface area contributed by atoms with Crippen LogP contribution in [0.1, 0.15) is 12.5 Å². The van der Waals surface area contributed by atoms with Crippen molar-refractivity contribution in [2.75, 3.05) is 14.2 Å². The van der Waals surface area contributed by atoms with E-state index in [4.69, 9.17) is 14.2 Å². The quantitative estimate of drug-likeness (QED) is 0.465. The van der Waals surface area contributed by atoms with Crippen LogP contribution in [0.25, 0.3) is 0 Å². The summed E-state index contributed by atoms with van der Waals surface area (Å²) < 4.78 is 16.3. The van der Waals surface area contributed by atoms with Crippen LogP contribution in [0, 0.1) is 0 Å². The van der Waals surface area contributed by atoms with Gasteiger partial charge in [-0.15, -0.1) is 0 Å². The van der Waals surface area contributed by atoms with Crippen LogP contribution >= 0.6 is 31.9 Å². The highest BCUT2D eigenvalue weighted by Gasteiger charge is 2.20. The zero-order chi connectivity index (χ0) is 13.0. The first-order valence-corrected chi connectivity index (χ1v) is 6.64. The highest BCUT2D eigenvalue weighted by molar-refractivity contribution is 9.11. The number of halogens is 2. The van der Waals surface area contributed by atoms with Gasteiger partial charge < -0.3 is 14.2 Å². The lowest BCUT2D eigenvalue weighted by Gasteiger charge is -2.16. The molecular formula is C11H12Br2O4. The van der Waals surface area contributed by atoms with Gasteiger partial charge in [0.25, 0.3) is 0 Å². The van der Waals surface area contributed by atoms with Crippen LogP contribution in [-0.4, -0.2) is 20.2 Å². The van der Waals surface area contributed by atoms with Gasteiger partial charge in [-0.25, -0.2) is 0 Å². The molecule has 0 aliphatic heterocycles. The third-order valence-electron chi connectivity index (χ3n) is 2.03. The summed E-state index contributed by atoms with van der Waals surface area (Å²) in [6, 6.07) is 1.78. The smallest absolute Gasteiger partial charge is 0.308 e. The van der Waals surface area contributed by atoms with Crippen LogP contribution in [-0.2, 0) is 10.1 Å². The van der Waals surface area contributed by atoms with Gasteiger partial charge >= 0.3 is 5.97 Å². The molecule has 0 atom stereocenters. The van der Waals surface area contributed by atoms with E-state index < -0.39 is 5.97 Å². The van der Waals surface area contributed by atoms with E-state index in [0.29, 0.717) is 16.8 Å². The summed E-state index contributed by atoms with van der Waals surface area (Å²) in [4.78, 5) is 11.1. The Labute approximate surface area is 116 Å². The molecule has 0 N–H and O–H groups in total. The third-order valence-corrected chi connectivity index (χ3v) is 3.50. The first kappa shape index (κ1) is 14.3. The molecule has 4 nitrogen and oxygen atoms in total. The third kappa shape index (κ3) is 3.13. The number of esters is 1. The molecule has 0 heterocycles. The van der Waals surface area contributed by atoms with E-state index in [9.17, 15) is 4.79 Å². The molecule has 0 fully saturated rings. The molecule has 1 rings (SSSR count). The fourth-order valence-corrected chi connectivity index (χ4v) is 2.73. The lowest BCUT2D eigenvalue weighted by atomic mass is 10.2. The molecule has 17 heavy (non-hydrogen) atoms. The van der Waals surface area contributed by atoms with Gasteiger partial charge in [-0.1, -0.05) is 15.9 Å². The average Bonchev–Trinajstić information content (AvgIpc) is 2.29. The maximum atomic E-state index is 11.1. The van der Waals surface area contributed by atoms with Crippen LogP contribution in [0.2, 0.25) is 0 Å². The van der Waals surface area contributed by atoms with Gasteiger partial charge in [0.1, 0.15) is 0 Å². The van der Waals surface area contributed by atoms with E-state index >= 15 is 0 Å². The van der Waals surface area contributed by atoms with E-state index in [-0.39, 0.29) is 5.75 Å². The van der Waals surface area contributed by atoms with Crippen molar-refractivity contribution in [3.05, 3.63) is 16.1 Å².